The van der Waals surface area contributed by atoms with E-state index in [1.54, 1.807) is 24.3 Å². The number of nitriles is 1. The first-order valence-corrected chi connectivity index (χ1v) is 7.37. The average molecular weight is 301 g/mol. The van der Waals surface area contributed by atoms with Crippen molar-refractivity contribution in [3.63, 3.8) is 0 Å². The molecule has 1 aliphatic rings. The third-order valence-electron chi connectivity index (χ3n) is 3.44. The largest absolute Gasteiger partial charge is 0.494 e. The van der Waals surface area contributed by atoms with Crippen LogP contribution in [0.1, 0.15) is 26.2 Å². The summed E-state index contributed by atoms with van der Waals surface area (Å²) in [5, 5.41) is 11.3. The zero-order valence-electron chi connectivity index (χ0n) is 12.5. The third kappa shape index (κ3) is 3.62. The number of amides is 2. The fourth-order valence-electron chi connectivity index (χ4n) is 2.26. The lowest BCUT2D eigenvalue weighted by Gasteiger charge is -2.15. The molecule has 116 valence electrons. The van der Waals surface area contributed by atoms with Gasteiger partial charge in [-0.25, -0.2) is 4.90 Å². The quantitative estimate of drug-likeness (QED) is 0.470. The first-order valence-electron chi connectivity index (χ1n) is 7.37. The van der Waals surface area contributed by atoms with Crippen LogP contribution in [0.2, 0.25) is 0 Å². The van der Waals surface area contributed by atoms with E-state index in [0.717, 1.165) is 23.5 Å². The predicted molar refractivity (Wildman–Crippen MR) is 81.4 cm³/mol. The van der Waals surface area contributed by atoms with Gasteiger partial charge in [-0.3, -0.25) is 14.9 Å². The van der Waals surface area contributed by atoms with Gasteiger partial charge in [0.25, 0.3) is 5.91 Å². The van der Waals surface area contributed by atoms with Crippen LogP contribution in [-0.2, 0) is 9.59 Å². The van der Waals surface area contributed by atoms with Crippen molar-refractivity contribution in [3.05, 3.63) is 24.3 Å². The number of carbonyl (C=O) groups excluding carboxylic acids is 2. The summed E-state index contributed by atoms with van der Waals surface area (Å²) in [6.45, 7) is 2.78. The Kier molecular flexibility index (Phi) is 5.50. The van der Waals surface area contributed by atoms with Gasteiger partial charge < -0.3 is 4.74 Å². The van der Waals surface area contributed by atoms with E-state index in [9.17, 15) is 9.59 Å². The number of nitrogens with zero attached hydrogens (tertiary/aromatic N) is 2. The van der Waals surface area contributed by atoms with Crippen molar-refractivity contribution in [2.45, 2.75) is 32.2 Å². The highest BCUT2D eigenvalue weighted by Gasteiger charge is 2.39. The van der Waals surface area contributed by atoms with Crippen LogP contribution >= 0.6 is 0 Å². The highest BCUT2D eigenvalue weighted by molar-refractivity contribution is 6.22. The molecule has 1 aromatic rings. The molecule has 1 atom stereocenters. The molecule has 1 aromatic carbocycles. The minimum atomic E-state index is -0.618. The molecule has 1 N–H and O–H groups in total. The van der Waals surface area contributed by atoms with Crippen LogP contribution in [0.3, 0.4) is 0 Å². The molecule has 1 unspecified atom stereocenters. The number of anilines is 1. The standard InChI is InChI=1S/C16H19N3O3/c1-2-3-10-22-13-6-4-12(5-7-13)19-15(20)11-14(16(19)21)18-9-8-17/h4-7,14,18H,2-3,9-11H2,1H3. The molecule has 0 bridgehead atoms. The molecule has 6 heteroatoms. The summed E-state index contributed by atoms with van der Waals surface area (Å²) in [5.41, 5.74) is 0.527. The number of unbranched alkanes of at least 4 members (excludes halogenated alkanes) is 1. The minimum Gasteiger partial charge on any atom is -0.494 e. The number of benzene rings is 1. The van der Waals surface area contributed by atoms with Crippen LogP contribution in [0.25, 0.3) is 0 Å². The van der Waals surface area contributed by atoms with E-state index in [2.05, 4.69) is 12.2 Å². The van der Waals surface area contributed by atoms with E-state index >= 15 is 0 Å². The van der Waals surface area contributed by atoms with Crippen molar-refractivity contribution in [1.82, 2.24) is 5.32 Å². The number of ether oxygens (including phenoxy) is 1. The highest BCUT2D eigenvalue weighted by atomic mass is 16.5. The maximum absolute atomic E-state index is 12.2. The maximum atomic E-state index is 12.2. The number of hydrogen-bond donors (Lipinski definition) is 1. The predicted octanol–water partition coefficient (Wildman–Crippen LogP) is 1.61. The second-order valence-corrected chi connectivity index (χ2v) is 5.06. The van der Waals surface area contributed by atoms with Crippen molar-refractivity contribution < 1.29 is 14.3 Å². The molecule has 1 aliphatic heterocycles. The first-order chi connectivity index (χ1) is 10.7. The van der Waals surface area contributed by atoms with E-state index in [4.69, 9.17) is 10.00 Å². The highest BCUT2D eigenvalue weighted by Crippen LogP contribution is 2.25. The number of nitrogens with one attached hydrogen (secondary N) is 1. The topological polar surface area (TPSA) is 82.4 Å². The maximum Gasteiger partial charge on any atom is 0.251 e. The fraction of sp³-hybridized carbons (Fsp3) is 0.438. The Morgan fingerprint density at radius 2 is 2.09 bits per heavy atom. The van der Waals surface area contributed by atoms with Crippen molar-refractivity contribution in [2.75, 3.05) is 18.1 Å². The van der Waals surface area contributed by atoms with E-state index in [1.165, 1.54) is 0 Å². The summed E-state index contributed by atoms with van der Waals surface area (Å²) in [6, 6.07) is 8.19. The molecule has 0 spiro atoms. The van der Waals surface area contributed by atoms with E-state index < -0.39 is 6.04 Å². The zero-order valence-corrected chi connectivity index (χ0v) is 12.5. The average Bonchev–Trinajstić information content (AvgIpc) is 2.80. The SMILES string of the molecule is CCCCOc1ccc(N2C(=O)CC(NCC#N)C2=O)cc1. The van der Waals surface area contributed by atoms with Gasteiger partial charge in [0.1, 0.15) is 5.75 Å². The number of carbonyl (C=O) groups is 2. The van der Waals surface area contributed by atoms with E-state index in [1.807, 2.05) is 6.07 Å². The van der Waals surface area contributed by atoms with Gasteiger partial charge in [0, 0.05) is 0 Å². The Labute approximate surface area is 129 Å². The second-order valence-electron chi connectivity index (χ2n) is 5.06. The molecular weight excluding hydrogens is 282 g/mol. The normalized spacial score (nSPS) is 17.6. The van der Waals surface area contributed by atoms with Gasteiger partial charge in [0.05, 0.1) is 37.4 Å². The molecule has 1 fully saturated rings. The molecular formula is C16H19N3O3. The lowest BCUT2D eigenvalue weighted by molar-refractivity contribution is -0.121. The lowest BCUT2D eigenvalue weighted by atomic mass is 10.2. The summed E-state index contributed by atoms with van der Waals surface area (Å²) >= 11 is 0. The Morgan fingerprint density at radius 3 is 2.73 bits per heavy atom. The van der Waals surface area contributed by atoms with Crippen molar-refractivity contribution >= 4 is 17.5 Å². The van der Waals surface area contributed by atoms with Gasteiger partial charge in [0.15, 0.2) is 0 Å². The monoisotopic (exact) mass is 301 g/mol. The fourth-order valence-corrected chi connectivity index (χ4v) is 2.26. The van der Waals surface area contributed by atoms with Gasteiger partial charge in [-0.15, -0.1) is 0 Å². The van der Waals surface area contributed by atoms with Crippen molar-refractivity contribution in [1.29, 1.82) is 5.26 Å². The van der Waals surface area contributed by atoms with Crippen molar-refractivity contribution in [3.8, 4) is 11.8 Å². The van der Waals surface area contributed by atoms with Crippen LogP contribution in [0.4, 0.5) is 5.69 Å². The molecule has 6 nitrogen and oxygen atoms in total. The van der Waals surface area contributed by atoms with Gasteiger partial charge in [0.2, 0.25) is 5.91 Å². The Morgan fingerprint density at radius 1 is 1.36 bits per heavy atom. The molecule has 22 heavy (non-hydrogen) atoms. The summed E-state index contributed by atoms with van der Waals surface area (Å²) in [4.78, 5) is 25.4. The van der Waals surface area contributed by atoms with Gasteiger partial charge in [-0.2, -0.15) is 5.26 Å². The summed E-state index contributed by atoms with van der Waals surface area (Å²) < 4.78 is 5.56. The van der Waals surface area contributed by atoms with E-state index in [-0.39, 0.29) is 24.8 Å². The Balaban J connectivity index is 2.03. The van der Waals surface area contributed by atoms with Gasteiger partial charge in [-0.1, -0.05) is 13.3 Å². The molecule has 2 rings (SSSR count). The van der Waals surface area contributed by atoms with Crippen LogP contribution in [0.5, 0.6) is 5.75 Å². The van der Waals surface area contributed by atoms with Crippen LogP contribution in [0, 0.1) is 11.3 Å². The minimum absolute atomic E-state index is 0.0434. The second kappa shape index (κ2) is 7.57. The van der Waals surface area contributed by atoms with Crippen LogP contribution < -0.4 is 15.0 Å². The molecule has 2 amide bonds. The summed E-state index contributed by atoms with van der Waals surface area (Å²) in [7, 11) is 0. The number of rotatable bonds is 7. The van der Waals surface area contributed by atoms with Crippen LogP contribution in [-0.4, -0.2) is 31.0 Å². The molecule has 0 aliphatic carbocycles. The summed E-state index contributed by atoms with van der Waals surface area (Å²) in [5.74, 6) is 0.135. The first kappa shape index (κ1) is 16.0. The molecule has 0 aromatic heterocycles. The lowest BCUT2D eigenvalue weighted by Crippen LogP contribution is -2.38. The van der Waals surface area contributed by atoms with E-state index in [0.29, 0.717) is 12.3 Å². The van der Waals surface area contributed by atoms with Gasteiger partial charge in [-0.05, 0) is 30.7 Å². The Hall–Kier alpha value is -2.39. The molecule has 1 heterocycles. The summed E-state index contributed by atoms with van der Waals surface area (Å²) in [6.07, 6.45) is 2.12. The molecule has 0 radical (unpaired) electrons. The molecule has 1 saturated heterocycles. The van der Waals surface area contributed by atoms with Crippen molar-refractivity contribution in [2.24, 2.45) is 0 Å². The molecule has 0 saturated carbocycles. The third-order valence-corrected chi connectivity index (χ3v) is 3.44. The Bertz CT molecular complexity index is 577. The number of imide groups is 1. The van der Waals surface area contributed by atoms with Crippen LogP contribution in [0.15, 0.2) is 24.3 Å². The smallest absolute Gasteiger partial charge is 0.251 e. The number of hydrogen-bond acceptors (Lipinski definition) is 5. The van der Waals surface area contributed by atoms with Gasteiger partial charge >= 0.3 is 0 Å². The zero-order chi connectivity index (χ0) is 15.9.